The third-order valence-electron chi connectivity index (χ3n) is 2.83. The largest absolute Gasteiger partial charge is 0.359 e. The Bertz CT molecular complexity index is 495. The SMILES string of the molecule is Ic1ccccc1C1OC1c1ccccc1. The van der Waals surface area contributed by atoms with Gasteiger partial charge in [0.2, 0.25) is 0 Å². The van der Waals surface area contributed by atoms with E-state index in [1.165, 1.54) is 14.7 Å². The topological polar surface area (TPSA) is 12.5 Å². The number of epoxide rings is 1. The molecule has 1 aliphatic heterocycles. The summed E-state index contributed by atoms with van der Waals surface area (Å²) in [4.78, 5) is 0. The fraction of sp³-hybridized carbons (Fsp3) is 0.143. The van der Waals surface area contributed by atoms with Gasteiger partial charge < -0.3 is 4.74 Å². The molecule has 1 saturated heterocycles. The van der Waals surface area contributed by atoms with Crippen molar-refractivity contribution in [1.29, 1.82) is 0 Å². The highest BCUT2D eigenvalue weighted by Gasteiger charge is 2.42. The molecule has 2 atom stereocenters. The Balaban J connectivity index is 1.85. The van der Waals surface area contributed by atoms with E-state index in [2.05, 4.69) is 71.1 Å². The zero-order chi connectivity index (χ0) is 11.0. The van der Waals surface area contributed by atoms with Crippen LogP contribution in [0.15, 0.2) is 54.6 Å². The zero-order valence-corrected chi connectivity index (χ0v) is 10.8. The molecule has 1 fully saturated rings. The molecular weight excluding hydrogens is 311 g/mol. The number of hydrogen-bond donors (Lipinski definition) is 0. The highest BCUT2D eigenvalue weighted by atomic mass is 127. The molecule has 2 aromatic rings. The average Bonchev–Trinajstić information content (AvgIpc) is 3.11. The van der Waals surface area contributed by atoms with Gasteiger partial charge in [0.05, 0.1) is 0 Å². The third kappa shape index (κ3) is 1.87. The Labute approximate surface area is 109 Å². The summed E-state index contributed by atoms with van der Waals surface area (Å²) in [5.41, 5.74) is 2.57. The minimum Gasteiger partial charge on any atom is -0.359 e. The number of halogens is 1. The number of hydrogen-bond acceptors (Lipinski definition) is 1. The fourth-order valence-electron chi connectivity index (χ4n) is 1.95. The Morgan fingerprint density at radius 2 is 1.50 bits per heavy atom. The maximum atomic E-state index is 5.77. The molecule has 16 heavy (non-hydrogen) atoms. The molecule has 0 aliphatic carbocycles. The van der Waals surface area contributed by atoms with E-state index in [0.29, 0.717) is 0 Å². The van der Waals surface area contributed by atoms with Gasteiger partial charge in [0, 0.05) is 3.57 Å². The summed E-state index contributed by atoms with van der Waals surface area (Å²) in [6, 6.07) is 18.8. The van der Waals surface area contributed by atoms with Crippen LogP contribution in [0, 0.1) is 3.57 Å². The van der Waals surface area contributed by atoms with Crippen molar-refractivity contribution in [2.24, 2.45) is 0 Å². The van der Waals surface area contributed by atoms with Gasteiger partial charge in [-0.3, -0.25) is 0 Å². The van der Waals surface area contributed by atoms with E-state index in [9.17, 15) is 0 Å². The Hall–Kier alpha value is -0.870. The Morgan fingerprint density at radius 3 is 2.25 bits per heavy atom. The first kappa shape index (κ1) is 10.3. The van der Waals surface area contributed by atoms with Crippen molar-refractivity contribution in [3.8, 4) is 0 Å². The van der Waals surface area contributed by atoms with Gasteiger partial charge in [-0.2, -0.15) is 0 Å². The summed E-state index contributed by atoms with van der Waals surface area (Å²) in [5.74, 6) is 0. The Kier molecular flexibility index (Phi) is 2.69. The molecule has 80 valence electrons. The maximum absolute atomic E-state index is 5.77. The molecule has 0 aromatic heterocycles. The zero-order valence-electron chi connectivity index (χ0n) is 8.64. The van der Waals surface area contributed by atoms with Crippen LogP contribution in [0.3, 0.4) is 0 Å². The molecular formula is C14H11IO. The van der Waals surface area contributed by atoms with Gasteiger partial charge in [-0.25, -0.2) is 0 Å². The van der Waals surface area contributed by atoms with E-state index in [-0.39, 0.29) is 12.2 Å². The van der Waals surface area contributed by atoms with Crippen LogP contribution < -0.4 is 0 Å². The molecule has 1 aliphatic rings. The van der Waals surface area contributed by atoms with Gasteiger partial charge >= 0.3 is 0 Å². The molecule has 0 spiro atoms. The van der Waals surface area contributed by atoms with Crippen molar-refractivity contribution >= 4 is 22.6 Å². The van der Waals surface area contributed by atoms with Crippen molar-refractivity contribution in [3.05, 3.63) is 69.3 Å². The van der Waals surface area contributed by atoms with Crippen LogP contribution in [0.1, 0.15) is 23.3 Å². The van der Waals surface area contributed by atoms with Gasteiger partial charge in [-0.15, -0.1) is 0 Å². The quantitative estimate of drug-likeness (QED) is 0.599. The van der Waals surface area contributed by atoms with E-state index < -0.39 is 0 Å². The standard InChI is InChI=1S/C14H11IO/c15-12-9-5-4-8-11(12)14-13(16-14)10-6-2-1-3-7-10/h1-9,13-14H. The van der Waals surface area contributed by atoms with Crippen molar-refractivity contribution < 1.29 is 4.74 Å². The van der Waals surface area contributed by atoms with Crippen molar-refractivity contribution in [2.45, 2.75) is 12.2 Å². The van der Waals surface area contributed by atoms with Crippen LogP contribution in [0.2, 0.25) is 0 Å². The smallest absolute Gasteiger partial charge is 0.115 e. The molecule has 1 heterocycles. The second-order valence-corrected chi connectivity index (χ2v) is 5.07. The summed E-state index contributed by atoms with van der Waals surface area (Å²) in [6.07, 6.45) is 0.493. The maximum Gasteiger partial charge on any atom is 0.115 e. The molecule has 2 heteroatoms. The van der Waals surface area contributed by atoms with Crippen LogP contribution in [-0.2, 0) is 4.74 Å². The lowest BCUT2D eigenvalue weighted by atomic mass is 10.0. The predicted octanol–water partition coefficient (Wildman–Crippen LogP) is 4.10. The normalized spacial score (nSPS) is 23.1. The van der Waals surface area contributed by atoms with Crippen molar-refractivity contribution in [1.82, 2.24) is 0 Å². The van der Waals surface area contributed by atoms with Crippen LogP contribution in [-0.4, -0.2) is 0 Å². The molecule has 0 N–H and O–H groups in total. The summed E-state index contributed by atoms with van der Waals surface area (Å²) in [5, 5.41) is 0. The molecule has 2 unspecified atom stereocenters. The van der Waals surface area contributed by atoms with E-state index in [1.807, 2.05) is 6.07 Å². The van der Waals surface area contributed by atoms with Gasteiger partial charge in [-0.1, -0.05) is 48.5 Å². The number of rotatable bonds is 2. The number of ether oxygens (including phenoxy) is 1. The van der Waals surface area contributed by atoms with Crippen LogP contribution in [0.25, 0.3) is 0 Å². The summed E-state index contributed by atoms with van der Waals surface area (Å²) in [7, 11) is 0. The average molecular weight is 322 g/mol. The van der Waals surface area contributed by atoms with Crippen LogP contribution in [0.4, 0.5) is 0 Å². The molecule has 0 saturated carbocycles. The minimum absolute atomic E-state index is 0.246. The minimum atomic E-state index is 0.246. The highest BCUT2D eigenvalue weighted by molar-refractivity contribution is 14.1. The summed E-state index contributed by atoms with van der Waals surface area (Å²) in [6.45, 7) is 0. The molecule has 0 amide bonds. The van der Waals surface area contributed by atoms with Crippen LogP contribution in [0.5, 0.6) is 0 Å². The first-order chi connectivity index (χ1) is 7.86. The predicted molar refractivity (Wildman–Crippen MR) is 72.2 cm³/mol. The summed E-state index contributed by atoms with van der Waals surface area (Å²) >= 11 is 2.36. The lowest BCUT2D eigenvalue weighted by Crippen LogP contribution is -1.87. The second kappa shape index (κ2) is 4.18. The number of benzene rings is 2. The molecule has 0 radical (unpaired) electrons. The van der Waals surface area contributed by atoms with Crippen molar-refractivity contribution in [2.75, 3.05) is 0 Å². The Morgan fingerprint density at radius 1 is 0.812 bits per heavy atom. The third-order valence-corrected chi connectivity index (χ3v) is 3.81. The van der Waals surface area contributed by atoms with Gasteiger partial charge in [0.25, 0.3) is 0 Å². The molecule has 2 aromatic carbocycles. The lowest BCUT2D eigenvalue weighted by molar-refractivity contribution is 0.377. The molecule has 3 rings (SSSR count). The monoisotopic (exact) mass is 322 g/mol. The second-order valence-electron chi connectivity index (χ2n) is 3.91. The van der Waals surface area contributed by atoms with E-state index in [1.54, 1.807) is 0 Å². The molecule has 1 nitrogen and oxygen atoms in total. The van der Waals surface area contributed by atoms with Crippen molar-refractivity contribution in [3.63, 3.8) is 0 Å². The first-order valence-electron chi connectivity index (χ1n) is 5.31. The van der Waals surface area contributed by atoms with E-state index in [4.69, 9.17) is 4.74 Å². The molecule has 0 bridgehead atoms. The van der Waals surface area contributed by atoms with Crippen LogP contribution >= 0.6 is 22.6 Å². The first-order valence-corrected chi connectivity index (χ1v) is 6.39. The van der Waals surface area contributed by atoms with E-state index in [0.717, 1.165) is 0 Å². The van der Waals surface area contributed by atoms with Gasteiger partial charge in [0.1, 0.15) is 12.2 Å². The lowest BCUT2D eigenvalue weighted by Gasteiger charge is -1.99. The highest BCUT2D eigenvalue weighted by Crippen LogP contribution is 2.51. The van der Waals surface area contributed by atoms with Gasteiger partial charge in [-0.05, 0) is 39.8 Å². The fourth-order valence-corrected chi connectivity index (χ4v) is 2.65. The van der Waals surface area contributed by atoms with E-state index >= 15 is 0 Å². The van der Waals surface area contributed by atoms with Gasteiger partial charge in [0.15, 0.2) is 0 Å². The summed E-state index contributed by atoms with van der Waals surface area (Å²) < 4.78 is 7.05.